The Balaban J connectivity index is 1.54. The highest BCUT2D eigenvalue weighted by Crippen LogP contribution is 2.47. The average Bonchev–Trinajstić information content (AvgIpc) is 3.32. The number of carbonyl (C=O) groups excluding carboxylic acids is 1. The van der Waals surface area contributed by atoms with E-state index in [1.165, 1.54) is 7.11 Å². The van der Waals surface area contributed by atoms with Gasteiger partial charge in [-0.2, -0.15) is 5.26 Å². The zero-order valence-corrected chi connectivity index (χ0v) is 19.0. The molecule has 0 bridgehead atoms. The first-order chi connectivity index (χ1) is 17.1. The van der Waals surface area contributed by atoms with E-state index in [9.17, 15) is 10.1 Å². The van der Waals surface area contributed by atoms with Crippen LogP contribution in [0.15, 0.2) is 60.0 Å². The Bertz CT molecular complexity index is 1320. The first kappa shape index (κ1) is 22.3. The number of aromatic amines is 1. The Hall–Kier alpha value is -4.49. The van der Waals surface area contributed by atoms with E-state index in [0.717, 1.165) is 5.56 Å². The number of nitriles is 1. The number of H-pyrrole nitrogens is 1. The van der Waals surface area contributed by atoms with E-state index in [4.69, 9.17) is 24.7 Å². The highest BCUT2D eigenvalue weighted by Gasteiger charge is 2.36. The summed E-state index contributed by atoms with van der Waals surface area (Å²) in [5.74, 6) is 0.323. The van der Waals surface area contributed by atoms with Crippen LogP contribution in [0.1, 0.15) is 17.0 Å². The normalized spacial score (nSPS) is 17.3. The average molecular weight is 473 g/mol. The standard InChI is InChI=1S/C25H23N5O5/c1-32-19-13-16(7-8-18(19)34-25(31)30-9-11-33-12-10-30)20-17(14-26)23(27)35-24-21(20)22(28-29-24)15-5-3-2-4-6-15/h2-8,13,20H,9-12,27H2,1H3,(H,28,29). The molecule has 2 aromatic carbocycles. The molecule has 1 atom stereocenters. The minimum atomic E-state index is -0.574. The van der Waals surface area contributed by atoms with Crippen LogP contribution in [0.25, 0.3) is 11.3 Å². The number of nitrogens with one attached hydrogen (secondary N) is 1. The fraction of sp³-hybridized carbons (Fsp3) is 0.240. The van der Waals surface area contributed by atoms with Gasteiger partial charge in [-0.15, -0.1) is 5.10 Å². The molecule has 1 unspecified atom stereocenters. The molecular formula is C25H23N5O5. The van der Waals surface area contributed by atoms with Crippen LogP contribution in [0.2, 0.25) is 0 Å². The minimum Gasteiger partial charge on any atom is -0.493 e. The summed E-state index contributed by atoms with van der Waals surface area (Å²) in [4.78, 5) is 14.2. The van der Waals surface area contributed by atoms with Crippen molar-refractivity contribution in [1.82, 2.24) is 15.1 Å². The summed E-state index contributed by atoms with van der Waals surface area (Å²) in [7, 11) is 1.49. The zero-order chi connectivity index (χ0) is 24.4. The van der Waals surface area contributed by atoms with Crippen molar-refractivity contribution in [3.63, 3.8) is 0 Å². The summed E-state index contributed by atoms with van der Waals surface area (Å²) in [5.41, 5.74) is 9.33. The molecule has 0 radical (unpaired) electrons. The van der Waals surface area contributed by atoms with Gasteiger partial charge in [0.2, 0.25) is 11.8 Å². The molecule has 1 amide bonds. The number of benzene rings is 2. The predicted molar refractivity (Wildman–Crippen MR) is 125 cm³/mol. The van der Waals surface area contributed by atoms with Gasteiger partial charge in [-0.25, -0.2) is 4.79 Å². The van der Waals surface area contributed by atoms with Gasteiger partial charge in [0.25, 0.3) is 0 Å². The van der Waals surface area contributed by atoms with Crippen LogP contribution in [0.3, 0.4) is 0 Å². The van der Waals surface area contributed by atoms with Crippen LogP contribution in [0, 0.1) is 11.3 Å². The second-order valence-corrected chi connectivity index (χ2v) is 7.99. The number of rotatable bonds is 4. The van der Waals surface area contributed by atoms with Crippen LogP contribution in [-0.2, 0) is 4.74 Å². The molecule has 1 saturated heterocycles. The van der Waals surface area contributed by atoms with Gasteiger partial charge in [0.15, 0.2) is 11.5 Å². The highest BCUT2D eigenvalue weighted by molar-refractivity contribution is 5.73. The molecule has 1 aromatic heterocycles. The molecule has 5 rings (SSSR count). The maximum Gasteiger partial charge on any atom is 0.415 e. The van der Waals surface area contributed by atoms with E-state index in [-0.39, 0.29) is 17.2 Å². The third-order valence-electron chi connectivity index (χ3n) is 5.99. The monoisotopic (exact) mass is 473 g/mol. The van der Waals surface area contributed by atoms with Crippen LogP contribution >= 0.6 is 0 Å². The summed E-state index contributed by atoms with van der Waals surface area (Å²) < 4.78 is 22.1. The molecular weight excluding hydrogens is 450 g/mol. The lowest BCUT2D eigenvalue weighted by molar-refractivity contribution is 0.0413. The van der Waals surface area contributed by atoms with Gasteiger partial charge in [0, 0.05) is 13.1 Å². The van der Waals surface area contributed by atoms with Crippen LogP contribution in [-0.4, -0.2) is 54.6 Å². The third kappa shape index (κ3) is 4.13. The van der Waals surface area contributed by atoms with E-state index in [1.54, 1.807) is 23.1 Å². The molecule has 2 aliphatic rings. The number of nitrogens with two attached hydrogens (primary N) is 1. The maximum absolute atomic E-state index is 12.6. The predicted octanol–water partition coefficient (Wildman–Crippen LogP) is 3.13. The molecule has 0 saturated carbocycles. The van der Waals surface area contributed by atoms with Gasteiger partial charge in [0.1, 0.15) is 11.6 Å². The van der Waals surface area contributed by atoms with Crippen LogP contribution < -0.4 is 19.9 Å². The van der Waals surface area contributed by atoms with Gasteiger partial charge >= 0.3 is 6.09 Å². The smallest absolute Gasteiger partial charge is 0.415 e. The van der Waals surface area contributed by atoms with Crippen molar-refractivity contribution in [3.05, 3.63) is 71.1 Å². The van der Waals surface area contributed by atoms with Crippen molar-refractivity contribution >= 4 is 6.09 Å². The molecule has 0 spiro atoms. The first-order valence-electron chi connectivity index (χ1n) is 11.0. The summed E-state index contributed by atoms with van der Waals surface area (Å²) in [6.07, 6.45) is -0.476. The number of amides is 1. The number of hydrogen-bond acceptors (Lipinski definition) is 8. The van der Waals surface area contributed by atoms with Gasteiger partial charge in [-0.1, -0.05) is 36.4 Å². The summed E-state index contributed by atoms with van der Waals surface area (Å²) in [5, 5.41) is 17.3. The van der Waals surface area contributed by atoms with Crippen molar-refractivity contribution in [2.24, 2.45) is 5.73 Å². The van der Waals surface area contributed by atoms with Gasteiger partial charge in [0.05, 0.1) is 37.5 Å². The van der Waals surface area contributed by atoms with Crippen molar-refractivity contribution < 1.29 is 23.7 Å². The molecule has 0 aliphatic carbocycles. The second-order valence-electron chi connectivity index (χ2n) is 7.99. The Morgan fingerprint density at radius 1 is 1.20 bits per heavy atom. The number of carbonyl (C=O) groups is 1. The second kappa shape index (κ2) is 9.40. The van der Waals surface area contributed by atoms with Crippen LogP contribution in [0.5, 0.6) is 17.4 Å². The number of nitrogens with zero attached hydrogens (tertiary/aromatic N) is 3. The van der Waals surface area contributed by atoms with E-state index in [1.807, 2.05) is 30.3 Å². The maximum atomic E-state index is 12.6. The molecule has 10 heteroatoms. The summed E-state index contributed by atoms with van der Waals surface area (Å²) >= 11 is 0. The largest absolute Gasteiger partial charge is 0.493 e. The number of ether oxygens (including phenoxy) is 4. The van der Waals surface area contributed by atoms with E-state index < -0.39 is 12.0 Å². The van der Waals surface area contributed by atoms with Crippen molar-refractivity contribution in [2.75, 3.05) is 33.4 Å². The fourth-order valence-corrected chi connectivity index (χ4v) is 4.26. The van der Waals surface area contributed by atoms with E-state index >= 15 is 0 Å². The lowest BCUT2D eigenvalue weighted by Crippen LogP contribution is -2.42. The summed E-state index contributed by atoms with van der Waals surface area (Å²) in [6.45, 7) is 1.86. The molecule has 178 valence electrons. The fourth-order valence-electron chi connectivity index (χ4n) is 4.26. The Labute approximate surface area is 201 Å². The van der Waals surface area contributed by atoms with Gasteiger partial charge in [-0.05, 0) is 23.3 Å². The van der Waals surface area contributed by atoms with E-state index in [2.05, 4.69) is 16.3 Å². The molecule has 2 aliphatic heterocycles. The first-order valence-corrected chi connectivity index (χ1v) is 11.0. The molecule has 3 aromatic rings. The Kier molecular flexibility index (Phi) is 5.99. The van der Waals surface area contributed by atoms with E-state index in [0.29, 0.717) is 54.8 Å². The third-order valence-corrected chi connectivity index (χ3v) is 5.99. The van der Waals surface area contributed by atoms with Crippen molar-refractivity contribution in [3.8, 4) is 34.7 Å². The van der Waals surface area contributed by atoms with Gasteiger partial charge < -0.3 is 29.6 Å². The quantitative estimate of drug-likeness (QED) is 0.590. The van der Waals surface area contributed by atoms with Crippen LogP contribution in [0.4, 0.5) is 4.79 Å². The lowest BCUT2D eigenvalue weighted by Gasteiger charge is -2.27. The number of hydrogen-bond donors (Lipinski definition) is 2. The molecule has 1 fully saturated rings. The summed E-state index contributed by atoms with van der Waals surface area (Å²) in [6, 6.07) is 17.0. The molecule has 3 heterocycles. The molecule has 10 nitrogen and oxygen atoms in total. The number of methoxy groups -OCH3 is 1. The number of allylic oxidation sites excluding steroid dienone is 1. The van der Waals surface area contributed by atoms with Crippen molar-refractivity contribution in [2.45, 2.75) is 5.92 Å². The topological polar surface area (TPSA) is 136 Å². The Morgan fingerprint density at radius 3 is 2.69 bits per heavy atom. The number of aromatic nitrogens is 2. The minimum absolute atomic E-state index is 0.0158. The number of morpholine rings is 1. The molecule has 3 N–H and O–H groups in total. The number of fused-ring (bicyclic) bond motifs is 1. The highest BCUT2D eigenvalue weighted by atomic mass is 16.6. The van der Waals surface area contributed by atoms with Gasteiger partial charge in [-0.3, -0.25) is 5.10 Å². The SMILES string of the molecule is COc1cc(C2C(C#N)=C(N)Oc3n[nH]c(-c4ccccc4)c32)ccc1OC(=O)N1CCOCC1. The zero-order valence-electron chi connectivity index (χ0n) is 19.0. The van der Waals surface area contributed by atoms with Crippen molar-refractivity contribution in [1.29, 1.82) is 5.26 Å². The Morgan fingerprint density at radius 2 is 1.97 bits per heavy atom. The molecule has 35 heavy (non-hydrogen) atoms. The lowest BCUT2D eigenvalue weighted by atomic mass is 9.83.